The first-order chi connectivity index (χ1) is 16.1. The molecule has 1 amide bonds. The lowest BCUT2D eigenvalue weighted by molar-refractivity contribution is -0.111. The smallest absolute Gasteiger partial charge is 0.260 e. The normalized spacial score (nSPS) is 10.9. The van der Waals surface area contributed by atoms with Crippen molar-refractivity contribution in [2.45, 2.75) is 0 Å². The van der Waals surface area contributed by atoms with E-state index in [-0.39, 0.29) is 5.91 Å². The molecule has 1 N–H and O–H groups in total. The van der Waals surface area contributed by atoms with Crippen LogP contribution in [-0.4, -0.2) is 37.4 Å². The molecule has 168 valence electrons. The zero-order valence-corrected chi connectivity index (χ0v) is 19.0. The third-order valence-corrected chi connectivity index (χ3v) is 5.56. The summed E-state index contributed by atoms with van der Waals surface area (Å²) in [6.45, 7) is 0. The van der Waals surface area contributed by atoms with E-state index in [0.717, 1.165) is 4.88 Å². The molecule has 4 rings (SSSR count). The molecule has 2 heterocycles. The predicted octanol–water partition coefficient (Wildman–Crippen LogP) is 5.14. The summed E-state index contributed by atoms with van der Waals surface area (Å²) in [5.74, 6) is 1.98. The number of nitrogens with zero attached hydrogens (tertiary/aromatic N) is 2. The monoisotopic (exact) mass is 463 g/mol. The lowest BCUT2D eigenvalue weighted by Gasteiger charge is -2.12. The number of anilines is 1. The average molecular weight is 464 g/mol. The number of aromatic nitrogens is 2. The lowest BCUT2D eigenvalue weighted by Crippen LogP contribution is -2.08. The molecule has 8 nitrogen and oxygen atoms in total. The summed E-state index contributed by atoms with van der Waals surface area (Å²) in [6, 6.07) is 14.6. The zero-order chi connectivity index (χ0) is 23.2. The molecule has 0 fully saturated rings. The molecule has 0 spiro atoms. The van der Waals surface area contributed by atoms with Gasteiger partial charge < -0.3 is 24.1 Å². The third-order valence-electron chi connectivity index (χ3n) is 4.70. The molecule has 0 atom stereocenters. The van der Waals surface area contributed by atoms with E-state index in [1.807, 2.05) is 35.7 Å². The molecule has 0 bridgehead atoms. The van der Waals surface area contributed by atoms with Gasteiger partial charge in [-0.05, 0) is 47.4 Å². The number of carbonyl (C=O) groups is 1. The van der Waals surface area contributed by atoms with Crippen LogP contribution in [0.15, 0.2) is 64.5 Å². The molecule has 9 heteroatoms. The van der Waals surface area contributed by atoms with E-state index in [9.17, 15) is 4.79 Å². The standard InChI is InChI=1S/C24H21N3O5S/c1-29-18-13-15(14-19(30-2)22(18)31-3)10-11-21(28)25-17-8-5-4-7-16(17)24-26-23(27-32-24)20-9-6-12-33-20/h4-14H,1-3H3,(H,25,28)/b11-10+. The van der Waals surface area contributed by atoms with Gasteiger partial charge in [-0.1, -0.05) is 23.4 Å². The van der Waals surface area contributed by atoms with Crippen molar-refractivity contribution in [3.8, 4) is 39.4 Å². The van der Waals surface area contributed by atoms with Gasteiger partial charge in [-0.25, -0.2) is 0 Å². The van der Waals surface area contributed by atoms with Crippen LogP contribution in [0.5, 0.6) is 17.2 Å². The van der Waals surface area contributed by atoms with Crippen LogP contribution in [0, 0.1) is 0 Å². The number of nitrogens with one attached hydrogen (secondary N) is 1. The molecule has 0 saturated heterocycles. The van der Waals surface area contributed by atoms with Gasteiger partial charge in [-0.15, -0.1) is 11.3 Å². The lowest BCUT2D eigenvalue weighted by atomic mass is 10.1. The Hall–Kier alpha value is -4.11. The van der Waals surface area contributed by atoms with Crippen LogP contribution in [0.3, 0.4) is 0 Å². The largest absolute Gasteiger partial charge is 0.493 e. The molecular formula is C24H21N3O5S. The quantitative estimate of drug-likeness (QED) is 0.361. The van der Waals surface area contributed by atoms with Crippen molar-refractivity contribution in [1.82, 2.24) is 10.1 Å². The molecule has 0 aliphatic heterocycles. The van der Waals surface area contributed by atoms with Gasteiger partial charge in [0.2, 0.25) is 17.5 Å². The minimum atomic E-state index is -0.325. The van der Waals surface area contributed by atoms with Gasteiger partial charge in [0, 0.05) is 6.08 Å². The van der Waals surface area contributed by atoms with Crippen LogP contribution in [0.2, 0.25) is 0 Å². The highest BCUT2D eigenvalue weighted by atomic mass is 32.1. The first-order valence-corrected chi connectivity index (χ1v) is 10.8. The van der Waals surface area contributed by atoms with Crippen molar-refractivity contribution >= 4 is 29.0 Å². The molecular weight excluding hydrogens is 442 g/mol. The van der Waals surface area contributed by atoms with Crippen molar-refractivity contribution < 1.29 is 23.5 Å². The van der Waals surface area contributed by atoms with Gasteiger partial charge in [0.1, 0.15) is 0 Å². The van der Waals surface area contributed by atoms with E-state index < -0.39 is 0 Å². The van der Waals surface area contributed by atoms with E-state index in [0.29, 0.717) is 45.8 Å². The molecule has 0 aliphatic carbocycles. The van der Waals surface area contributed by atoms with Crippen LogP contribution in [0.1, 0.15) is 5.56 Å². The number of carbonyl (C=O) groups excluding carboxylic acids is 1. The van der Waals surface area contributed by atoms with Crippen molar-refractivity contribution in [2.75, 3.05) is 26.6 Å². The Morgan fingerprint density at radius 1 is 1.03 bits per heavy atom. The number of para-hydroxylation sites is 1. The van der Waals surface area contributed by atoms with Crippen molar-refractivity contribution in [3.05, 3.63) is 65.6 Å². The summed E-state index contributed by atoms with van der Waals surface area (Å²) in [6.07, 6.45) is 3.08. The number of hydrogen-bond acceptors (Lipinski definition) is 8. The average Bonchev–Trinajstić information content (AvgIpc) is 3.54. The molecule has 4 aromatic rings. The fraction of sp³-hybridized carbons (Fsp3) is 0.125. The Bertz CT molecular complexity index is 1260. The maximum absolute atomic E-state index is 12.6. The summed E-state index contributed by atoms with van der Waals surface area (Å²) < 4.78 is 21.5. The van der Waals surface area contributed by atoms with E-state index in [1.54, 1.807) is 24.3 Å². The minimum absolute atomic E-state index is 0.322. The molecule has 0 unspecified atom stereocenters. The van der Waals surface area contributed by atoms with Crippen LogP contribution in [0.25, 0.3) is 28.2 Å². The van der Waals surface area contributed by atoms with E-state index in [4.69, 9.17) is 18.7 Å². The second-order valence-corrected chi connectivity index (χ2v) is 7.67. The molecule has 0 radical (unpaired) electrons. The second kappa shape index (κ2) is 10.0. The summed E-state index contributed by atoms with van der Waals surface area (Å²) in [4.78, 5) is 18.0. The maximum atomic E-state index is 12.6. The Balaban J connectivity index is 1.54. The summed E-state index contributed by atoms with van der Waals surface area (Å²) in [5, 5.41) is 8.85. The van der Waals surface area contributed by atoms with Crippen LogP contribution in [-0.2, 0) is 4.79 Å². The fourth-order valence-electron chi connectivity index (χ4n) is 3.16. The first kappa shape index (κ1) is 22.1. The van der Waals surface area contributed by atoms with Gasteiger partial charge in [-0.2, -0.15) is 4.98 Å². The van der Waals surface area contributed by atoms with Gasteiger partial charge in [0.25, 0.3) is 5.89 Å². The Morgan fingerprint density at radius 3 is 2.45 bits per heavy atom. The number of rotatable bonds is 8. The highest BCUT2D eigenvalue weighted by Gasteiger charge is 2.16. The number of hydrogen-bond donors (Lipinski definition) is 1. The van der Waals surface area contributed by atoms with Gasteiger partial charge in [0.05, 0.1) is 37.5 Å². The number of ether oxygens (including phenoxy) is 3. The molecule has 2 aromatic heterocycles. The van der Waals surface area contributed by atoms with Gasteiger partial charge in [-0.3, -0.25) is 4.79 Å². The number of thiophene rings is 1. The van der Waals surface area contributed by atoms with E-state index in [1.165, 1.54) is 38.7 Å². The molecule has 2 aromatic carbocycles. The Kier molecular flexibility index (Phi) is 6.70. The summed E-state index contributed by atoms with van der Waals surface area (Å²) >= 11 is 1.52. The maximum Gasteiger partial charge on any atom is 0.260 e. The number of methoxy groups -OCH3 is 3. The van der Waals surface area contributed by atoms with E-state index in [2.05, 4.69) is 15.5 Å². The summed E-state index contributed by atoms with van der Waals surface area (Å²) in [7, 11) is 4.61. The van der Waals surface area contributed by atoms with E-state index >= 15 is 0 Å². The number of amides is 1. The first-order valence-electron chi connectivity index (χ1n) is 9.89. The van der Waals surface area contributed by atoms with Crippen molar-refractivity contribution in [3.63, 3.8) is 0 Å². The van der Waals surface area contributed by atoms with Crippen molar-refractivity contribution in [1.29, 1.82) is 0 Å². The molecule has 0 aliphatic rings. The highest BCUT2D eigenvalue weighted by molar-refractivity contribution is 7.13. The van der Waals surface area contributed by atoms with Crippen LogP contribution < -0.4 is 19.5 Å². The SMILES string of the molecule is COc1cc(/C=C/C(=O)Nc2ccccc2-c2nc(-c3cccs3)no2)cc(OC)c1OC. The highest BCUT2D eigenvalue weighted by Crippen LogP contribution is 2.38. The third kappa shape index (κ3) is 4.88. The molecule has 33 heavy (non-hydrogen) atoms. The Labute approximate surface area is 194 Å². The zero-order valence-electron chi connectivity index (χ0n) is 18.2. The predicted molar refractivity (Wildman–Crippen MR) is 127 cm³/mol. The fourth-order valence-corrected chi connectivity index (χ4v) is 3.81. The second-order valence-electron chi connectivity index (χ2n) is 6.73. The summed E-state index contributed by atoms with van der Waals surface area (Å²) in [5.41, 5.74) is 1.89. The topological polar surface area (TPSA) is 95.7 Å². The van der Waals surface area contributed by atoms with Gasteiger partial charge >= 0.3 is 0 Å². The minimum Gasteiger partial charge on any atom is -0.493 e. The Morgan fingerprint density at radius 2 is 1.79 bits per heavy atom. The van der Waals surface area contributed by atoms with Gasteiger partial charge in [0.15, 0.2) is 11.5 Å². The molecule has 0 saturated carbocycles. The van der Waals surface area contributed by atoms with Crippen LogP contribution >= 0.6 is 11.3 Å². The van der Waals surface area contributed by atoms with Crippen molar-refractivity contribution in [2.24, 2.45) is 0 Å². The van der Waals surface area contributed by atoms with Crippen LogP contribution in [0.4, 0.5) is 5.69 Å². The number of benzene rings is 2.